The van der Waals surface area contributed by atoms with Gasteiger partial charge in [0.05, 0.1) is 28.2 Å². The van der Waals surface area contributed by atoms with E-state index in [1.807, 2.05) is 39.0 Å². The first-order chi connectivity index (χ1) is 15.3. The highest BCUT2D eigenvalue weighted by Gasteiger charge is 2.18. The molecule has 2 aromatic carbocycles. The van der Waals surface area contributed by atoms with Gasteiger partial charge in [-0.05, 0) is 63.0 Å². The summed E-state index contributed by atoms with van der Waals surface area (Å²) in [6.07, 6.45) is 1.56. The Kier molecular flexibility index (Phi) is 8.09. The SMILES string of the molecule is CCOc1cc(C=Nn2c(C(C)C)nc3ccc(Br)cc3c2=O)c(Br)c(Br)c1OCC#N. The van der Waals surface area contributed by atoms with E-state index in [0.717, 1.165) is 4.47 Å². The van der Waals surface area contributed by atoms with E-state index in [9.17, 15) is 4.79 Å². The average Bonchev–Trinajstić information content (AvgIpc) is 2.76. The van der Waals surface area contributed by atoms with Crippen LogP contribution in [0.25, 0.3) is 10.9 Å². The molecule has 0 amide bonds. The van der Waals surface area contributed by atoms with Crippen LogP contribution in [-0.4, -0.2) is 29.1 Å². The van der Waals surface area contributed by atoms with E-state index in [1.165, 1.54) is 4.68 Å². The zero-order chi connectivity index (χ0) is 23.4. The molecule has 1 heterocycles. The van der Waals surface area contributed by atoms with Crippen molar-refractivity contribution in [1.82, 2.24) is 9.66 Å². The Bertz CT molecular complexity index is 1300. The average molecular weight is 627 g/mol. The van der Waals surface area contributed by atoms with Crippen LogP contribution >= 0.6 is 47.8 Å². The van der Waals surface area contributed by atoms with Crippen molar-refractivity contribution in [3.8, 4) is 17.6 Å². The molecule has 0 aliphatic heterocycles. The van der Waals surface area contributed by atoms with Crippen molar-refractivity contribution >= 4 is 64.9 Å². The maximum atomic E-state index is 13.2. The summed E-state index contributed by atoms with van der Waals surface area (Å²) in [7, 11) is 0. The van der Waals surface area contributed by atoms with Gasteiger partial charge in [-0.3, -0.25) is 4.79 Å². The minimum absolute atomic E-state index is 0.0242. The van der Waals surface area contributed by atoms with Gasteiger partial charge in [-0.1, -0.05) is 29.8 Å². The predicted molar refractivity (Wildman–Crippen MR) is 135 cm³/mol. The highest BCUT2D eigenvalue weighted by Crippen LogP contribution is 2.42. The number of halogens is 3. The van der Waals surface area contributed by atoms with Crippen LogP contribution in [0, 0.1) is 11.3 Å². The first-order valence-electron chi connectivity index (χ1n) is 9.69. The van der Waals surface area contributed by atoms with Crippen molar-refractivity contribution in [2.75, 3.05) is 13.2 Å². The number of hydrogen-bond acceptors (Lipinski definition) is 6. The highest BCUT2D eigenvalue weighted by molar-refractivity contribution is 9.13. The van der Waals surface area contributed by atoms with Crippen molar-refractivity contribution in [3.05, 3.63) is 59.4 Å². The summed E-state index contributed by atoms with van der Waals surface area (Å²) in [5, 5.41) is 13.8. The van der Waals surface area contributed by atoms with Crippen LogP contribution in [0.1, 0.15) is 38.1 Å². The largest absolute Gasteiger partial charge is 0.490 e. The summed E-state index contributed by atoms with van der Waals surface area (Å²) < 4.78 is 14.5. The fourth-order valence-corrected chi connectivity index (χ4v) is 4.27. The van der Waals surface area contributed by atoms with E-state index < -0.39 is 0 Å². The Labute approximate surface area is 210 Å². The van der Waals surface area contributed by atoms with E-state index in [1.54, 1.807) is 18.3 Å². The standard InChI is InChI=1S/C22H19Br3N4O3/c1-4-31-17-9-13(18(24)19(25)20(17)32-8-7-26)11-27-29-21(12(2)3)28-16-6-5-14(23)10-15(16)22(29)30/h5-6,9-12H,4,8H2,1-3H3. The molecular weight excluding hydrogens is 608 g/mol. The van der Waals surface area contributed by atoms with Gasteiger partial charge in [-0.2, -0.15) is 15.0 Å². The molecule has 1 aromatic heterocycles. The lowest BCUT2D eigenvalue weighted by molar-refractivity contribution is 0.297. The van der Waals surface area contributed by atoms with E-state index in [0.29, 0.717) is 49.3 Å². The van der Waals surface area contributed by atoms with Crippen molar-refractivity contribution in [2.24, 2.45) is 5.10 Å². The monoisotopic (exact) mass is 624 g/mol. The van der Waals surface area contributed by atoms with E-state index in [-0.39, 0.29) is 18.1 Å². The Morgan fingerprint density at radius 3 is 2.62 bits per heavy atom. The van der Waals surface area contributed by atoms with Crippen LogP contribution in [0.15, 0.2) is 47.6 Å². The number of nitrogens with zero attached hydrogens (tertiary/aromatic N) is 4. The zero-order valence-electron chi connectivity index (χ0n) is 17.5. The Balaban J connectivity index is 2.16. The third-order valence-electron chi connectivity index (χ3n) is 4.40. The lowest BCUT2D eigenvalue weighted by Crippen LogP contribution is -2.23. The lowest BCUT2D eigenvalue weighted by atomic mass is 10.2. The lowest BCUT2D eigenvalue weighted by Gasteiger charge is -2.15. The fourth-order valence-electron chi connectivity index (χ4n) is 2.97. The normalized spacial score (nSPS) is 11.3. The van der Waals surface area contributed by atoms with Gasteiger partial charge in [0.25, 0.3) is 5.56 Å². The molecule has 0 aliphatic carbocycles. The second-order valence-electron chi connectivity index (χ2n) is 6.95. The Morgan fingerprint density at radius 2 is 1.97 bits per heavy atom. The van der Waals surface area contributed by atoms with Crippen molar-refractivity contribution in [1.29, 1.82) is 5.26 Å². The number of rotatable bonds is 7. The summed E-state index contributed by atoms with van der Waals surface area (Å²) in [4.78, 5) is 17.9. The molecule has 0 radical (unpaired) electrons. The molecule has 0 fully saturated rings. The number of ether oxygens (including phenoxy) is 2. The molecule has 0 N–H and O–H groups in total. The molecule has 32 heavy (non-hydrogen) atoms. The maximum absolute atomic E-state index is 13.2. The van der Waals surface area contributed by atoms with Crippen LogP contribution < -0.4 is 15.0 Å². The maximum Gasteiger partial charge on any atom is 0.282 e. The quantitative estimate of drug-likeness (QED) is 0.301. The molecule has 3 rings (SSSR count). The molecule has 10 heteroatoms. The number of nitriles is 1. The molecule has 0 saturated carbocycles. The highest BCUT2D eigenvalue weighted by atomic mass is 79.9. The van der Waals surface area contributed by atoms with Gasteiger partial charge in [0.15, 0.2) is 18.1 Å². The molecule has 0 atom stereocenters. The third kappa shape index (κ3) is 5.05. The van der Waals surface area contributed by atoms with E-state index in [4.69, 9.17) is 14.7 Å². The van der Waals surface area contributed by atoms with Crippen molar-refractivity contribution in [2.45, 2.75) is 26.7 Å². The molecule has 7 nitrogen and oxygen atoms in total. The molecule has 0 bridgehead atoms. The van der Waals surface area contributed by atoms with E-state index >= 15 is 0 Å². The molecule has 166 valence electrons. The molecule has 0 unspecified atom stereocenters. The predicted octanol–water partition coefficient (Wildman–Crippen LogP) is 5.99. The van der Waals surface area contributed by atoms with E-state index in [2.05, 4.69) is 57.9 Å². The number of fused-ring (bicyclic) bond motifs is 1. The van der Waals surface area contributed by atoms with Gasteiger partial charge in [-0.25, -0.2) is 4.98 Å². The summed E-state index contributed by atoms with van der Waals surface area (Å²) in [5.41, 5.74) is 1.01. The fraction of sp³-hybridized carbons (Fsp3) is 0.273. The molecule has 3 aromatic rings. The summed E-state index contributed by atoms with van der Waals surface area (Å²) >= 11 is 10.4. The topological polar surface area (TPSA) is 89.5 Å². The van der Waals surface area contributed by atoms with Crippen LogP contribution in [0.3, 0.4) is 0 Å². The third-order valence-corrected chi connectivity index (χ3v) is 7.04. The Hall–Kier alpha value is -2.22. The second-order valence-corrected chi connectivity index (χ2v) is 9.45. The van der Waals surface area contributed by atoms with Gasteiger partial charge in [-0.15, -0.1) is 0 Å². The first-order valence-corrected chi connectivity index (χ1v) is 12.1. The van der Waals surface area contributed by atoms with Crippen LogP contribution in [0.2, 0.25) is 0 Å². The molecule has 0 spiro atoms. The van der Waals surface area contributed by atoms with Gasteiger partial charge in [0.2, 0.25) is 0 Å². The van der Waals surface area contributed by atoms with Gasteiger partial charge < -0.3 is 9.47 Å². The summed E-state index contributed by atoms with van der Waals surface area (Å²) in [6, 6.07) is 9.08. The number of hydrogen-bond donors (Lipinski definition) is 0. The minimum Gasteiger partial charge on any atom is -0.490 e. The second kappa shape index (κ2) is 10.6. The Morgan fingerprint density at radius 1 is 1.22 bits per heavy atom. The smallest absolute Gasteiger partial charge is 0.282 e. The van der Waals surface area contributed by atoms with Gasteiger partial charge in [0.1, 0.15) is 11.9 Å². The van der Waals surface area contributed by atoms with Gasteiger partial charge in [0, 0.05) is 20.4 Å². The van der Waals surface area contributed by atoms with Crippen LogP contribution in [-0.2, 0) is 0 Å². The van der Waals surface area contributed by atoms with Gasteiger partial charge >= 0.3 is 0 Å². The number of benzene rings is 2. The van der Waals surface area contributed by atoms with Crippen LogP contribution in [0.5, 0.6) is 11.5 Å². The number of aromatic nitrogens is 2. The van der Waals surface area contributed by atoms with Crippen LogP contribution in [0.4, 0.5) is 0 Å². The minimum atomic E-state index is -0.259. The molecular formula is C22H19Br3N4O3. The summed E-state index contributed by atoms with van der Waals surface area (Å²) in [5.74, 6) is 1.39. The van der Waals surface area contributed by atoms with Crippen molar-refractivity contribution < 1.29 is 9.47 Å². The molecule has 0 aliphatic rings. The zero-order valence-corrected chi connectivity index (χ0v) is 22.3. The molecule has 0 saturated heterocycles. The first kappa shape index (κ1) is 24.4. The van der Waals surface area contributed by atoms with Crippen molar-refractivity contribution in [3.63, 3.8) is 0 Å². The summed E-state index contributed by atoms with van der Waals surface area (Å²) in [6.45, 7) is 6.06.